The first kappa shape index (κ1) is 20.4. The molecule has 0 atom stereocenters. The van der Waals surface area contributed by atoms with Crippen molar-refractivity contribution < 1.29 is 14.4 Å². The van der Waals surface area contributed by atoms with Crippen molar-refractivity contribution in [1.29, 1.82) is 0 Å². The fourth-order valence-electron chi connectivity index (χ4n) is 4.10. The normalized spacial score (nSPS) is 17.0. The molecule has 31 heavy (non-hydrogen) atoms. The summed E-state index contributed by atoms with van der Waals surface area (Å²) in [5, 5.41) is 1.50. The predicted octanol–water partition coefficient (Wildman–Crippen LogP) is 4.61. The zero-order chi connectivity index (χ0) is 21.7. The van der Waals surface area contributed by atoms with Crippen LogP contribution in [0.25, 0.3) is 10.2 Å². The van der Waals surface area contributed by atoms with Gasteiger partial charge in [0.25, 0.3) is 11.8 Å². The lowest BCUT2D eigenvalue weighted by molar-refractivity contribution is -0.132. The van der Waals surface area contributed by atoms with Crippen molar-refractivity contribution in [3.63, 3.8) is 0 Å². The van der Waals surface area contributed by atoms with Gasteiger partial charge in [0, 0.05) is 19.0 Å². The molecule has 1 saturated heterocycles. The van der Waals surface area contributed by atoms with Gasteiger partial charge < -0.3 is 4.90 Å². The number of benzene rings is 2. The second kappa shape index (κ2) is 7.89. The van der Waals surface area contributed by atoms with Crippen molar-refractivity contribution in [3.05, 3.63) is 62.6 Å². The Morgan fingerprint density at radius 3 is 2.26 bits per heavy atom. The van der Waals surface area contributed by atoms with Gasteiger partial charge in [-0.05, 0) is 37.1 Å². The number of hydrogen-bond donors (Lipinski definition) is 0. The molecular formula is C22H17Cl2N3O3S. The molecule has 0 unspecified atom stereocenters. The quantitative estimate of drug-likeness (QED) is 0.520. The van der Waals surface area contributed by atoms with E-state index in [1.54, 1.807) is 16.2 Å². The minimum atomic E-state index is -0.517. The summed E-state index contributed by atoms with van der Waals surface area (Å²) >= 11 is 13.7. The van der Waals surface area contributed by atoms with Gasteiger partial charge in [-0.15, -0.1) is 11.3 Å². The van der Waals surface area contributed by atoms with Crippen LogP contribution in [0.1, 0.15) is 44.5 Å². The third-order valence-electron chi connectivity index (χ3n) is 5.81. The predicted molar refractivity (Wildman–Crippen MR) is 120 cm³/mol. The van der Waals surface area contributed by atoms with E-state index in [4.69, 9.17) is 28.2 Å². The van der Waals surface area contributed by atoms with Crippen LogP contribution >= 0.6 is 34.5 Å². The largest absolute Gasteiger partial charge is 0.341 e. The summed E-state index contributed by atoms with van der Waals surface area (Å²) < 4.78 is 1.17. The molecule has 5 rings (SSSR count). The number of rotatable bonds is 3. The fraction of sp³-hybridized carbons (Fsp3) is 0.273. The summed E-state index contributed by atoms with van der Waals surface area (Å²) in [6, 6.07) is 10.8. The number of piperidine rings is 1. The number of aromatic nitrogens is 1. The van der Waals surface area contributed by atoms with Gasteiger partial charge in [0.2, 0.25) is 5.91 Å². The zero-order valence-corrected chi connectivity index (χ0v) is 18.6. The summed E-state index contributed by atoms with van der Waals surface area (Å²) in [5.74, 6) is -0.966. The molecular weight excluding hydrogens is 457 g/mol. The Morgan fingerprint density at radius 1 is 1.03 bits per heavy atom. The Bertz CT molecular complexity index is 1160. The van der Waals surface area contributed by atoms with Crippen molar-refractivity contribution in [2.75, 3.05) is 19.6 Å². The first-order valence-electron chi connectivity index (χ1n) is 9.91. The number of thiazole rings is 1. The summed E-state index contributed by atoms with van der Waals surface area (Å²) in [6.45, 7) is 0.855. The molecule has 6 nitrogen and oxygen atoms in total. The average molecular weight is 474 g/mol. The van der Waals surface area contributed by atoms with Crippen molar-refractivity contribution >= 4 is 62.5 Å². The molecule has 2 aliphatic rings. The topological polar surface area (TPSA) is 70.6 Å². The van der Waals surface area contributed by atoms with Gasteiger partial charge in [0.1, 0.15) is 6.54 Å². The van der Waals surface area contributed by atoms with Crippen LogP contribution < -0.4 is 0 Å². The molecule has 0 N–H and O–H groups in total. The average Bonchev–Trinajstić information content (AvgIpc) is 3.30. The van der Waals surface area contributed by atoms with Crippen molar-refractivity contribution in [1.82, 2.24) is 14.8 Å². The Balaban J connectivity index is 1.24. The van der Waals surface area contributed by atoms with E-state index in [9.17, 15) is 14.4 Å². The second-order valence-electron chi connectivity index (χ2n) is 7.68. The lowest BCUT2D eigenvalue weighted by Gasteiger charge is -2.32. The maximum Gasteiger partial charge on any atom is 0.262 e. The first-order chi connectivity index (χ1) is 14.9. The number of likely N-dealkylation sites (tertiary alicyclic amines) is 1. The molecule has 2 aromatic carbocycles. The maximum absolute atomic E-state index is 12.8. The van der Waals surface area contributed by atoms with E-state index in [2.05, 4.69) is 6.07 Å². The second-order valence-corrected chi connectivity index (χ2v) is 9.56. The number of halogens is 2. The van der Waals surface area contributed by atoms with Crippen LogP contribution in [-0.2, 0) is 4.79 Å². The van der Waals surface area contributed by atoms with Gasteiger partial charge in [-0.25, -0.2) is 4.98 Å². The molecule has 0 spiro atoms. The smallest absolute Gasteiger partial charge is 0.262 e. The first-order valence-corrected chi connectivity index (χ1v) is 11.5. The van der Waals surface area contributed by atoms with Crippen molar-refractivity contribution in [2.24, 2.45) is 0 Å². The molecule has 1 fully saturated rings. The number of amides is 3. The SMILES string of the molecule is O=C(CN1C(=O)c2cc(Cl)c(Cl)cc2C1=O)N1CCC(c2nc3ccccc3s2)CC1. The Hall–Kier alpha value is -2.48. The third-order valence-corrected chi connectivity index (χ3v) is 7.73. The molecule has 3 amide bonds. The molecule has 3 heterocycles. The lowest BCUT2D eigenvalue weighted by Crippen LogP contribution is -2.45. The molecule has 3 aromatic rings. The van der Waals surface area contributed by atoms with Crippen LogP contribution in [-0.4, -0.2) is 52.1 Å². The lowest BCUT2D eigenvalue weighted by atomic mass is 9.97. The van der Waals surface area contributed by atoms with E-state index >= 15 is 0 Å². The van der Waals surface area contributed by atoms with Crippen LogP contribution in [0.3, 0.4) is 0 Å². The highest BCUT2D eigenvalue weighted by atomic mass is 35.5. The van der Waals surface area contributed by atoms with Gasteiger partial charge in [0.15, 0.2) is 0 Å². The van der Waals surface area contributed by atoms with Crippen LogP contribution in [0.5, 0.6) is 0 Å². The Labute approximate surface area is 192 Å². The molecule has 0 radical (unpaired) electrons. The van der Waals surface area contributed by atoms with Crippen LogP contribution in [0.2, 0.25) is 10.0 Å². The number of fused-ring (bicyclic) bond motifs is 2. The third kappa shape index (κ3) is 3.60. The van der Waals surface area contributed by atoms with Crippen molar-refractivity contribution in [3.8, 4) is 0 Å². The van der Waals surface area contributed by atoms with Crippen molar-refractivity contribution in [2.45, 2.75) is 18.8 Å². The van der Waals surface area contributed by atoms with Crippen LogP contribution in [0.15, 0.2) is 36.4 Å². The number of hydrogen-bond acceptors (Lipinski definition) is 5. The molecule has 0 aliphatic carbocycles. The standard InChI is InChI=1S/C22H17Cl2N3O3S/c23-15-9-13-14(10-16(15)24)22(30)27(21(13)29)11-19(28)26-7-5-12(6-8-26)20-25-17-3-1-2-4-18(17)31-20/h1-4,9-10,12H,5-8,11H2. The molecule has 0 bridgehead atoms. The van der Waals surface area contributed by atoms with Gasteiger partial charge in [-0.2, -0.15) is 0 Å². The molecule has 9 heteroatoms. The highest BCUT2D eigenvalue weighted by molar-refractivity contribution is 7.18. The van der Waals surface area contributed by atoms with Crippen LogP contribution in [0, 0.1) is 0 Å². The van der Waals surface area contributed by atoms with Gasteiger partial charge in [-0.1, -0.05) is 35.3 Å². The van der Waals surface area contributed by atoms with Crippen LogP contribution in [0.4, 0.5) is 0 Å². The highest BCUT2D eigenvalue weighted by Gasteiger charge is 2.38. The summed E-state index contributed by atoms with van der Waals surface area (Å²) in [7, 11) is 0. The Morgan fingerprint density at radius 2 is 1.65 bits per heavy atom. The van der Waals surface area contributed by atoms with Gasteiger partial charge in [0.05, 0.1) is 36.4 Å². The Kier molecular flexibility index (Phi) is 5.20. The van der Waals surface area contributed by atoms with E-state index in [0.717, 1.165) is 28.3 Å². The summed E-state index contributed by atoms with van der Waals surface area (Å²) in [5.41, 5.74) is 1.37. The summed E-state index contributed by atoms with van der Waals surface area (Å²) in [4.78, 5) is 45.5. The molecule has 2 aliphatic heterocycles. The number of carbonyl (C=O) groups is 3. The van der Waals surface area contributed by atoms with E-state index in [1.165, 1.54) is 16.8 Å². The number of nitrogens with zero attached hydrogens (tertiary/aromatic N) is 3. The minimum absolute atomic E-state index is 0.182. The summed E-state index contributed by atoms with van der Waals surface area (Å²) in [6.07, 6.45) is 1.61. The van der Waals surface area contributed by atoms with E-state index in [1.807, 2.05) is 18.2 Å². The molecule has 158 valence electrons. The zero-order valence-electron chi connectivity index (χ0n) is 16.3. The fourth-order valence-corrected chi connectivity index (χ4v) is 5.57. The molecule has 1 aromatic heterocycles. The maximum atomic E-state index is 12.8. The van der Waals surface area contributed by atoms with E-state index < -0.39 is 11.8 Å². The number of imide groups is 1. The monoisotopic (exact) mass is 473 g/mol. The van der Waals surface area contributed by atoms with Gasteiger partial charge in [-0.3, -0.25) is 19.3 Å². The minimum Gasteiger partial charge on any atom is -0.341 e. The molecule has 0 saturated carbocycles. The number of para-hydroxylation sites is 1. The number of carbonyl (C=O) groups excluding carboxylic acids is 3. The highest BCUT2D eigenvalue weighted by Crippen LogP contribution is 2.34. The van der Waals surface area contributed by atoms with E-state index in [-0.39, 0.29) is 33.6 Å². The van der Waals surface area contributed by atoms with Gasteiger partial charge >= 0.3 is 0 Å². The van der Waals surface area contributed by atoms with E-state index in [0.29, 0.717) is 19.0 Å².